The van der Waals surface area contributed by atoms with Crippen molar-refractivity contribution in [2.24, 2.45) is 0 Å². The summed E-state index contributed by atoms with van der Waals surface area (Å²) < 4.78 is 6.89. The molecular weight excluding hydrogens is 446 g/mol. The third kappa shape index (κ3) is 3.15. The van der Waals surface area contributed by atoms with Gasteiger partial charge in [0.15, 0.2) is 5.60 Å². The lowest BCUT2D eigenvalue weighted by molar-refractivity contribution is -0.172. The zero-order valence-corrected chi connectivity index (χ0v) is 20.6. The van der Waals surface area contributed by atoms with Gasteiger partial charge in [-0.25, -0.2) is 9.78 Å². The first kappa shape index (κ1) is 22.5. The standard InChI is InChI=1S/C26H27N3O4Si/c1-4-26(32)19-13-21-22-17(14-29(21)24(30)18(19)15-33-25(26)31)23(34(2,3)12-8-7-11-27)16-9-5-6-10-20(16)28-22/h5-6,9-10,13,32H,4,7-8,12,14-15H2,1-3H3/t26-/m0/s1. The number of aromatic nitrogens is 2. The molecule has 1 N–H and O–H groups in total. The van der Waals surface area contributed by atoms with E-state index in [4.69, 9.17) is 15.0 Å². The maximum atomic E-state index is 13.6. The molecule has 34 heavy (non-hydrogen) atoms. The largest absolute Gasteiger partial charge is 0.458 e. The van der Waals surface area contributed by atoms with Crippen LogP contribution in [0.15, 0.2) is 35.1 Å². The molecule has 0 aliphatic carbocycles. The van der Waals surface area contributed by atoms with Gasteiger partial charge in [0.2, 0.25) is 0 Å². The van der Waals surface area contributed by atoms with Crippen LogP contribution >= 0.6 is 0 Å². The van der Waals surface area contributed by atoms with Crippen LogP contribution in [0.2, 0.25) is 19.1 Å². The lowest BCUT2D eigenvalue weighted by atomic mass is 9.86. The van der Waals surface area contributed by atoms with Gasteiger partial charge in [0, 0.05) is 12.0 Å². The van der Waals surface area contributed by atoms with E-state index in [2.05, 4.69) is 25.2 Å². The van der Waals surface area contributed by atoms with Gasteiger partial charge in [0.25, 0.3) is 5.56 Å². The normalized spacial score (nSPS) is 18.7. The summed E-state index contributed by atoms with van der Waals surface area (Å²) in [6, 6.07) is 13.0. The van der Waals surface area contributed by atoms with Crippen LogP contribution in [0.3, 0.4) is 0 Å². The molecule has 7 nitrogen and oxygen atoms in total. The molecule has 1 atom stereocenters. The molecule has 2 aliphatic heterocycles. The number of carbonyl (C=O) groups excluding carboxylic acids is 1. The topological polar surface area (TPSA) is 105 Å². The Kier molecular flexibility index (Phi) is 5.23. The second-order valence-corrected chi connectivity index (χ2v) is 14.6. The van der Waals surface area contributed by atoms with Crippen LogP contribution < -0.4 is 10.7 Å². The van der Waals surface area contributed by atoms with E-state index in [1.807, 2.05) is 18.2 Å². The van der Waals surface area contributed by atoms with E-state index in [9.17, 15) is 14.7 Å². The Labute approximate surface area is 198 Å². The minimum Gasteiger partial charge on any atom is -0.458 e. The van der Waals surface area contributed by atoms with Crippen molar-refractivity contribution < 1.29 is 14.6 Å². The second-order valence-electron chi connectivity index (χ2n) is 9.83. The summed E-state index contributed by atoms with van der Waals surface area (Å²) in [7, 11) is -2.01. The monoisotopic (exact) mass is 473 g/mol. The molecule has 0 fully saturated rings. The van der Waals surface area contributed by atoms with E-state index in [1.54, 1.807) is 17.6 Å². The lowest BCUT2D eigenvalue weighted by Crippen LogP contribution is -2.45. The SMILES string of the molecule is CC[C@@]1(O)C(=O)OCc2c1cc1n(c2=O)Cc2c-1nc1ccccc1c2[Si](C)(C)CCCC#N. The minimum atomic E-state index is -2.01. The number of fused-ring (bicyclic) bond motifs is 5. The molecule has 5 rings (SSSR count). The number of nitriles is 1. The van der Waals surface area contributed by atoms with Gasteiger partial charge in [-0.1, -0.05) is 44.3 Å². The number of ether oxygens (including phenoxy) is 1. The number of unbranched alkanes of at least 4 members (excludes halogenated alkanes) is 1. The number of nitrogens with zero attached hydrogens (tertiary/aromatic N) is 3. The average molecular weight is 474 g/mol. The summed E-state index contributed by atoms with van der Waals surface area (Å²) in [4.78, 5) is 31.0. The van der Waals surface area contributed by atoms with Gasteiger partial charge in [-0.15, -0.1) is 0 Å². The summed E-state index contributed by atoms with van der Waals surface area (Å²) in [6.07, 6.45) is 1.48. The summed E-state index contributed by atoms with van der Waals surface area (Å²) >= 11 is 0. The van der Waals surface area contributed by atoms with Crippen LogP contribution in [0.1, 0.15) is 42.9 Å². The number of hydrogen-bond donors (Lipinski definition) is 1. The number of cyclic esters (lactones) is 1. The van der Waals surface area contributed by atoms with Crippen molar-refractivity contribution in [2.45, 2.75) is 64.1 Å². The van der Waals surface area contributed by atoms with Crippen molar-refractivity contribution in [1.82, 2.24) is 9.55 Å². The fraction of sp³-hybridized carbons (Fsp3) is 0.385. The predicted molar refractivity (Wildman–Crippen MR) is 131 cm³/mol. The van der Waals surface area contributed by atoms with E-state index in [1.165, 1.54) is 5.19 Å². The Morgan fingerprint density at radius 3 is 2.76 bits per heavy atom. The molecule has 3 aromatic rings. The number of aliphatic hydroxyl groups is 1. The third-order valence-electron chi connectivity index (χ3n) is 7.36. The van der Waals surface area contributed by atoms with Crippen molar-refractivity contribution in [2.75, 3.05) is 0 Å². The molecule has 174 valence electrons. The Morgan fingerprint density at radius 2 is 2.03 bits per heavy atom. The summed E-state index contributed by atoms with van der Waals surface area (Å²) in [6.45, 7) is 6.59. The molecule has 0 spiro atoms. The number of esters is 1. The summed E-state index contributed by atoms with van der Waals surface area (Å²) in [5.74, 6) is -0.719. The van der Waals surface area contributed by atoms with Crippen molar-refractivity contribution in [3.8, 4) is 17.5 Å². The van der Waals surface area contributed by atoms with Crippen molar-refractivity contribution in [1.29, 1.82) is 5.26 Å². The highest BCUT2D eigenvalue weighted by atomic mass is 28.3. The van der Waals surface area contributed by atoms with Crippen molar-refractivity contribution >= 4 is 30.1 Å². The smallest absolute Gasteiger partial charge is 0.343 e. The lowest BCUT2D eigenvalue weighted by Gasteiger charge is -2.31. The Morgan fingerprint density at radius 1 is 1.26 bits per heavy atom. The molecule has 0 unspecified atom stereocenters. The van der Waals surface area contributed by atoms with Gasteiger partial charge in [0.1, 0.15) is 6.61 Å². The highest BCUT2D eigenvalue weighted by Crippen LogP contribution is 2.39. The Bertz CT molecular complexity index is 1450. The molecule has 0 bridgehead atoms. The highest BCUT2D eigenvalue weighted by molar-refractivity contribution is 6.91. The van der Waals surface area contributed by atoms with Crippen LogP contribution in [0, 0.1) is 11.3 Å². The quantitative estimate of drug-likeness (QED) is 0.271. The molecule has 0 amide bonds. The van der Waals surface area contributed by atoms with E-state index in [0.29, 0.717) is 29.8 Å². The number of carbonyl (C=O) groups is 1. The van der Waals surface area contributed by atoms with E-state index >= 15 is 0 Å². The van der Waals surface area contributed by atoms with Crippen LogP contribution in [0.4, 0.5) is 0 Å². The zero-order chi connectivity index (χ0) is 24.3. The van der Waals surface area contributed by atoms with Gasteiger partial charge < -0.3 is 14.4 Å². The van der Waals surface area contributed by atoms with E-state index in [0.717, 1.165) is 34.6 Å². The molecular formula is C26H27N3O4Si. The predicted octanol–water partition coefficient (Wildman–Crippen LogP) is 3.30. The summed E-state index contributed by atoms with van der Waals surface area (Å²) in [5.41, 5.74) is 1.86. The average Bonchev–Trinajstić information content (AvgIpc) is 3.18. The first-order valence-corrected chi connectivity index (χ1v) is 14.9. The number of hydrogen-bond acceptors (Lipinski definition) is 6. The molecule has 0 saturated heterocycles. The fourth-order valence-corrected chi connectivity index (χ4v) is 8.80. The maximum Gasteiger partial charge on any atom is 0.343 e. The van der Waals surface area contributed by atoms with Gasteiger partial charge >= 0.3 is 5.97 Å². The molecule has 0 saturated carbocycles. The second kappa shape index (κ2) is 7.89. The van der Waals surface area contributed by atoms with Crippen molar-refractivity contribution in [3.63, 3.8) is 0 Å². The summed E-state index contributed by atoms with van der Waals surface area (Å²) in [5, 5.41) is 22.5. The first-order chi connectivity index (χ1) is 16.2. The molecule has 2 aromatic heterocycles. The zero-order valence-electron chi connectivity index (χ0n) is 19.6. The van der Waals surface area contributed by atoms with Crippen LogP contribution in [0.5, 0.6) is 0 Å². The van der Waals surface area contributed by atoms with Crippen LogP contribution in [-0.4, -0.2) is 28.7 Å². The molecule has 2 aliphatic rings. The molecule has 1 aromatic carbocycles. The minimum absolute atomic E-state index is 0.115. The van der Waals surface area contributed by atoms with E-state index < -0.39 is 19.6 Å². The highest BCUT2D eigenvalue weighted by Gasteiger charge is 2.45. The molecule has 0 radical (unpaired) electrons. The Hall–Kier alpha value is -3.28. The van der Waals surface area contributed by atoms with E-state index in [-0.39, 0.29) is 18.6 Å². The molecule has 4 heterocycles. The fourth-order valence-electron chi connectivity index (χ4n) is 5.54. The third-order valence-corrected chi connectivity index (χ3v) is 10.9. The number of pyridine rings is 2. The van der Waals surface area contributed by atoms with Crippen LogP contribution in [0.25, 0.3) is 22.3 Å². The first-order valence-electron chi connectivity index (χ1n) is 11.7. The number of para-hydroxylation sites is 1. The molecule has 8 heteroatoms. The van der Waals surface area contributed by atoms with Gasteiger partial charge in [-0.2, -0.15) is 5.26 Å². The van der Waals surface area contributed by atoms with Gasteiger partial charge in [-0.3, -0.25) is 4.79 Å². The number of benzene rings is 1. The van der Waals surface area contributed by atoms with Crippen LogP contribution in [-0.2, 0) is 28.3 Å². The maximum absolute atomic E-state index is 13.6. The van der Waals surface area contributed by atoms with Gasteiger partial charge in [0.05, 0.1) is 43.2 Å². The number of rotatable bonds is 5. The van der Waals surface area contributed by atoms with Crippen molar-refractivity contribution in [3.05, 3.63) is 57.4 Å². The Balaban J connectivity index is 1.78. The van der Waals surface area contributed by atoms with Gasteiger partial charge in [-0.05, 0) is 41.1 Å².